The van der Waals surface area contributed by atoms with Crippen molar-refractivity contribution in [1.82, 2.24) is 4.98 Å². The smallest absolute Gasteiger partial charge is 0.186 e. The molecule has 1 aromatic carbocycles. The molecule has 2 saturated heterocycles. The number of hydrogen-bond acceptors (Lipinski definition) is 4. The van der Waals surface area contributed by atoms with Gasteiger partial charge >= 0.3 is 0 Å². The summed E-state index contributed by atoms with van der Waals surface area (Å²) in [6, 6.07) is 6.58. The number of anilines is 1. The summed E-state index contributed by atoms with van der Waals surface area (Å²) < 4.78 is 7.42. The van der Waals surface area contributed by atoms with Crippen molar-refractivity contribution in [1.29, 1.82) is 0 Å². The van der Waals surface area contributed by atoms with Crippen LogP contribution in [0.1, 0.15) is 46.1 Å². The van der Waals surface area contributed by atoms with Crippen molar-refractivity contribution in [2.75, 3.05) is 18.0 Å². The highest BCUT2D eigenvalue weighted by Crippen LogP contribution is 2.40. The lowest BCUT2D eigenvalue weighted by atomic mass is 9.86. The van der Waals surface area contributed by atoms with E-state index in [2.05, 4.69) is 50.8 Å². The van der Waals surface area contributed by atoms with Gasteiger partial charge in [0, 0.05) is 13.1 Å². The summed E-state index contributed by atoms with van der Waals surface area (Å²) in [4.78, 5) is 7.46. The summed E-state index contributed by atoms with van der Waals surface area (Å²) in [6.07, 6.45) is 2.74. The second-order valence-electron chi connectivity index (χ2n) is 8.01. The van der Waals surface area contributed by atoms with Gasteiger partial charge in [-0.25, -0.2) is 4.98 Å². The Morgan fingerprint density at radius 3 is 2.91 bits per heavy atom. The average molecular weight is 316 g/mol. The standard InChI is InChI=1S/C18H24N2OS/c1-17(2,3)13-6-5-7-14-15(13)19-16(22-14)20-10-12-8-9-18(4,11-20)21-12/h5-7,12H,8-11H2,1-4H3/t12-,18+/m0/s1. The first kappa shape index (κ1) is 14.5. The maximum atomic E-state index is 6.12. The van der Waals surface area contributed by atoms with E-state index in [1.54, 1.807) is 0 Å². The Labute approximate surface area is 136 Å². The van der Waals surface area contributed by atoms with Crippen LogP contribution >= 0.6 is 11.3 Å². The second kappa shape index (κ2) is 4.68. The molecule has 0 saturated carbocycles. The SMILES string of the molecule is CC(C)(C)c1cccc2sc(N3C[C@@H]4CC[C@](C)(C3)O4)nc12. The van der Waals surface area contributed by atoms with E-state index >= 15 is 0 Å². The van der Waals surface area contributed by atoms with Gasteiger partial charge in [-0.05, 0) is 36.8 Å². The molecule has 2 fully saturated rings. The van der Waals surface area contributed by atoms with Crippen LogP contribution in [0.3, 0.4) is 0 Å². The molecule has 4 heteroatoms. The fourth-order valence-corrected chi connectivity index (χ4v) is 4.77. The normalized spacial score (nSPS) is 28.5. The lowest BCUT2D eigenvalue weighted by Gasteiger charge is -2.38. The Morgan fingerprint density at radius 2 is 2.18 bits per heavy atom. The van der Waals surface area contributed by atoms with Gasteiger partial charge in [0.05, 0.1) is 21.9 Å². The van der Waals surface area contributed by atoms with Crippen molar-refractivity contribution < 1.29 is 4.74 Å². The number of para-hydroxylation sites is 1. The summed E-state index contributed by atoms with van der Waals surface area (Å²) in [5.41, 5.74) is 2.67. The first-order chi connectivity index (χ1) is 10.3. The lowest BCUT2D eigenvalue weighted by molar-refractivity contribution is -0.0404. The molecule has 0 N–H and O–H groups in total. The molecule has 0 amide bonds. The van der Waals surface area contributed by atoms with Gasteiger partial charge in [0.1, 0.15) is 0 Å². The topological polar surface area (TPSA) is 25.4 Å². The Balaban J connectivity index is 1.75. The predicted molar refractivity (Wildman–Crippen MR) is 93.0 cm³/mol. The summed E-state index contributed by atoms with van der Waals surface area (Å²) >= 11 is 1.82. The highest BCUT2D eigenvalue weighted by Gasteiger charge is 2.43. The summed E-state index contributed by atoms with van der Waals surface area (Å²) in [5, 5.41) is 1.16. The number of fused-ring (bicyclic) bond motifs is 3. The monoisotopic (exact) mass is 316 g/mol. The molecule has 2 aromatic rings. The molecule has 2 bridgehead atoms. The minimum atomic E-state index is 0.0215. The Morgan fingerprint density at radius 1 is 1.36 bits per heavy atom. The number of hydrogen-bond donors (Lipinski definition) is 0. The zero-order valence-corrected chi connectivity index (χ0v) is 14.7. The van der Waals surface area contributed by atoms with Crippen LogP contribution in [-0.2, 0) is 10.2 Å². The van der Waals surface area contributed by atoms with Crippen LogP contribution in [0, 0.1) is 0 Å². The summed E-state index contributed by atoms with van der Waals surface area (Å²) in [6.45, 7) is 11.0. The quantitative estimate of drug-likeness (QED) is 0.782. The molecule has 0 unspecified atom stereocenters. The zero-order valence-electron chi connectivity index (χ0n) is 13.8. The first-order valence-electron chi connectivity index (χ1n) is 8.17. The molecule has 2 aliphatic heterocycles. The molecule has 0 radical (unpaired) electrons. The van der Waals surface area contributed by atoms with Crippen LogP contribution in [0.4, 0.5) is 5.13 Å². The fourth-order valence-electron chi connectivity index (χ4n) is 3.77. The van der Waals surface area contributed by atoms with Crippen molar-refractivity contribution in [3.63, 3.8) is 0 Å². The van der Waals surface area contributed by atoms with Crippen LogP contribution in [0.5, 0.6) is 0 Å². The predicted octanol–water partition coefficient (Wildman–Crippen LogP) is 4.35. The largest absolute Gasteiger partial charge is 0.368 e. The van der Waals surface area contributed by atoms with Gasteiger partial charge in [0.2, 0.25) is 0 Å². The third-order valence-electron chi connectivity index (χ3n) is 4.88. The third-order valence-corrected chi connectivity index (χ3v) is 5.96. The fraction of sp³-hybridized carbons (Fsp3) is 0.611. The van der Waals surface area contributed by atoms with Gasteiger partial charge < -0.3 is 9.64 Å². The molecule has 1 aromatic heterocycles. The second-order valence-corrected chi connectivity index (χ2v) is 9.02. The molecule has 0 spiro atoms. The summed E-state index contributed by atoms with van der Waals surface area (Å²) in [7, 11) is 0. The van der Waals surface area contributed by atoms with Crippen LogP contribution in [0.15, 0.2) is 18.2 Å². The van der Waals surface area contributed by atoms with E-state index in [-0.39, 0.29) is 11.0 Å². The maximum Gasteiger partial charge on any atom is 0.186 e. The highest BCUT2D eigenvalue weighted by molar-refractivity contribution is 7.22. The maximum absolute atomic E-state index is 6.12. The number of morpholine rings is 1. The van der Waals surface area contributed by atoms with Gasteiger partial charge in [-0.3, -0.25) is 0 Å². The molecule has 2 atom stereocenters. The minimum absolute atomic E-state index is 0.0215. The lowest BCUT2D eigenvalue weighted by Crippen LogP contribution is -2.49. The van der Waals surface area contributed by atoms with Crippen LogP contribution in [0.2, 0.25) is 0 Å². The van der Waals surface area contributed by atoms with E-state index in [1.165, 1.54) is 28.6 Å². The Hall–Kier alpha value is -1.13. The molecule has 4 rings (SSSR count). The van der Waals surface area contributed by atoms with Gasteiger partial charge in [0.15, 0.2) is 5.13 Å². The van der Waals surface area contributed by atoms with E-state index < -0.39 is 0 Å². The van der Waals surface area contributed by atoms with Gasteiger partial charge in [-0.2, -0.15) is 0 Å². The molecule has 22 heavy (non-hydrogen) atoms. The van der Waals surface area contributed by atoms with E-state index in [1.807, 2.05) is 11.3 Å². The van der Waals surface area contributed by atoms with Gasteiger partial charge in [0.25, 0.3) is 0 Å². The highest BCUT2D eigenvalue weighted by atomic mass is 32.1. The van der Waals surface area contributed by atoms with Crippen molar-refractivity contribution in [3.8, 4) is 0 Å². The van der Waals surface area contributed by atoms with Gasteiger partial charge in [-0.15, -0.1) is 0 Å². The van der Waals surface area contributed by atoms with Crippen LogP contribution < -0.4 is 4.90 Å². The number of benzene rings is 1. The number of thiazole rings is 1. The van der Waals surface area contributed by atoms with Crippen LogP contribution in [0.25, 0.3) is 10.2 Å². The van der Waals surface area contributed by atoms with E-state index in [4.69, 9.17) is 9.72 Å². The van der Waals surface area contributed by atoms with Gasteiger partial charge in [-0.1, -0.05) is 44.2 Å². The van der Waals surface area contributed by atoms with E-state index in [0.717, 1.165) is 18.2 Å². The molecule has 2 aliphatic rings. The number of rotatable bonds is 1. The molecule has 118 valence electrons. The first-order valence-corrected chi connectivity index (χ1v) is 8.99. The average Bonchev–Trinajstić information content (AvgIpc) is 2.98. The molecular weight excluding hydrogens is 292 g/mol. The van der Waals surface area contributed by atoms with E-state index in [0.29, 0.717) is 6.10 Å². The van der Waals surface area contributed by atoms with Crippen molar-refractivity contribution >= 4 is 26.7 Å². The zero-order chi connectivity index (χ0) is 15.5. The van der Waals surface area contributed by atoms with Crippen molar-refractivity contribution in [2.45, 2.75) is 57.7 Å². The number of ether oxygens (including phenoxy) is 1. The molecule has 3 nitrogen and oxygen atoms in total. The number of aromatic nitrogens is 1. The summed E-state index contributed by atoms with van der Waals surface area (Å²) in [5.74, 6) is 0. The van der Waals surface area contributed by atoms with E-state index in [9.17, 15) is 0 Å². The Bertz CT molecular complexity index is 717. The molecule has 0 aliphatic carbocycles. The Kier molecular flexibility index (Phi) is 3.08. The minimum Gasteiger partial charge on any atom is -0.368 e. The third kappa shape index (κ3) is 2.33. The van der Waals surface area contributed by atoms with Crippen molar-refractivity contribution in [3.05, 3.63) is 23.8 Å². The van der Waals surface area contributed by atoms with Crippen molar-refractivity contribution in [2.24, 2.45) is 0 Å². The number of nitrogens with zero attached hydrogens (tertiary/aromatic N) is 2. The molecular formula is C18H24N2OS. The molecule has 3 heterocycles. The van der Waals surface area contributed by atoms with Crippen LogP contribution in [-0.4, -0.2) is 29.8 Å².